The molecule has 2 aromatic rings. The highest BCUT2D eigenvalue weighted by Gasteiger charge is 2.10. The summed E-state index contributed by atoms with van der Waals surface area (Å²) in [6.45, 7) is 6.50. The molecule has 0 atom stereocenters. The molecule has 0 fully saturated rings. The van der Waals surface area contributed by atoms with Crippen molar-refractivity contribution >= 4 is 44.9 Å². The Labute approximate surface area is 155 Å². The number of hydrogen-bond donors (Lipinski definition) is 2. The number of carbonyl (C=O) groups is 1. The van der Waals surface area contributed by atoms with Gasteiger partial charge in [-0.05, 0) is 90.4 Å². The van der Waals surface area contributed by atoms with Crippen molar-refractivity contribution in [2.75, 3.05) is 11.9 Å². The molecule has 6 heteroatoms. The molecule has 0 aliphatic heterocycles. The summed E-state index contributed by atoms with van der Waals surface area (Å²) in [5.41, 5.74) is 3.62. The Kier molecular flexibility index (Phi) is 6.34. The first-order chi connectivity index (χ1) is 11.4. The average molecular weight is 407 g/mol. The van der Waals surface area contributed by atoms with Crippen LogP contribution in [0.3, 0.4) is 0 Å². The van der Waals surface area contributed by atoms with Gasteiger partial charge in [0.15, 0.2) is 5.11 Å². The number of hydrogen-bond acceptors (Lipinski definition) is 3. The maximum atomic E-state index is 12.3. The van der Waals surface area contributed by atoms with Crippen molar-refractivity contribution in [3.8, 4) is 5.75 Å². The van der Waals surface area contributed by atoms with Crippen LogP contribution in [0.4, 0.5) is 5.69 Å². The number of anilines is 1. The lowest BCUT2D eigenvalue weighted by atomic mass is 10.1. The molecule has 0 saturated heterocycles. The minimum Gasteiger partial charge on any atom is -0.494 e. The summed E-state index contributed by atoms with van der Waals surface area (Å²) in [6.07, 6.45) is 0. The van der Waals surface area contributed by atoms with E-state index in [0.29, 0.717) is 17.9 Å². The minimum absolute atomic E-state index is 0.241. The van der Waals surface area contributed by atoms with Gasteiger partial charge in [-0.2, -0.15) is 0 Å². The van der Waals surface area contributed by atoms with E-state index in [1.807, 2.05) is 39.0 Å². The van der Waals surface area contributed by atoms with Gasteiger partial charge in [-0.1, -0.05) is 6.07 Å². The maximum Gasteiger partial charge on any atom is 0.257 e. The number of carbonyl (C=O) groups excluding carboxylic acids is 1. The Morgan fingerprint density at radius 1 is 1.21 bits per heavy atom. The highest BCUT2D eigenvalue weighted by atomic mass is 79.9. The van der Waals surface area contributed by atoms with Crippen LogP contribution >= 0.6 is 28.1 Å². The van der Waals surface area contributed by atoms with E-state index in [-0.39, 0.29) is 11.0 Å². The quantitative estimate of drug-likeness (QED) is 0.728. The fraction of sp³-hybridized carbons (Fsp3) is 0.222. The molecule has 24 heavy (non-hydrogen) atoms. The number of amides is 1. The van der Waals surface area contributed by atoms with Crippen LogP contribution in [0.15, 0.2) is 40.9 Å². The zero-order chi connectivity index (χ0) is 17.7. The monoisotopic (exact) mass is 406 g/mol. The first-order valence-electron chi connectivity index (χ1n) is 7.52. The maximum absolute atomic E-state index is 12.3. The number of halogens is 1. The third kappa shape index (κ3) is 4.79. The highest BCUT2D eigenvalue weighted by molar-refractivity contribution is 9.10. The summed E-state index contributed by atoms with van der Waals surface area (Å²) >= 11 is 8.73. The van der Waals surface area contributed by atoms with Gasteiger partial charge in [0.1, 0.15) is 5.75 Å². The Balaban J connectivity index is 2.05. The summed E-state index contributed by atoms with van der Waals surface area (Å²) in [5, 5.41) is 5.96. The molecule has 4 nitrogen and oxygen atoms in total. The summed E-state index contributed by atoms with van der Waals surface area (Å²) in [6, 6.07) is 11.0. The molecule has 126 valence electrons. The second-order valence-electron chi connectivity index (χ2n) is 5.29. The summed E-state index contributed by atoms with van der Waals surface area (Å²) in [4.78, 5) is 12.3. The van der Waals surface area contributed by atoms with E-state index in [9.17, 15) is 4.79 Å². The van der Waals surface area contributed by atoms with Crippen LogP contribution < -0.4 is 15.4 Å². The van der Waals surface area contributed by atoms with Gasteiger partial charge in [0.05, 0.1) is 12.3 Å². The molecule has 0 saturated carbocycles. The largest absolute Gasteiger partial charge is 0.494 e. The lowest BCUT2D eigenvalue weighted by molar-refractivity contribution is 0.0977. The molecular formula is C18H19BrN2O2S. The number of rotatable bonds is 4. The van der Waals surface area contributed by atoms with Gasteiger partial charge >= 0.3 is 0 Å². The number of ether oxygens (including phenoxy) is 1. The molecule has 2 N–H and O–H groups in total. The molecule has 1 amide bonds. The number of benzene rings is 2. The van der Waals surface area contributed by atoms with E-state index >= 15 is 0 Å². The number of nitrogens with one attached hydrogen (secondary N) is 2. The highest BCUT2D eigenvalue weighted by Crippen LogP contribution is 2.26. The molecule has 0 aliphatic rings. The van der Waals surface area contributed by atoms with Crippen molar-refractivity contribution in [3.63, 3.8) is 0 Å². The molecule has 0 unspecified atom stereocenters. The topological polar surface area (TPSA) is 50.4 Å². The van der Waals surface area contributed by atoms with Gasteiger partial charge in [0, 0.05) is 10.0 Å². The molecule has 2 rings (SSSR count). The van der Waals surface area contributed by atoms with E-state index in [1.165, 1.54) is 5.56 Å². The van der Waals surface area contributed by atoms with Crippen molar-refractivity contribution in [1.82, 2.24) is 5.32 Å². The molecule has 0 aliphatic carbocycles. The summed E-state index contributed by atoms with van der Waals surface area (Å²) < 4.78 is 6.29. The van der Waals surface area contributed by atoms with Crippen molar-refractivity contribution in [2.45, 2.75) is 20.8 Å². The lowest BCUT2D eigenvalue weighted by Gasteiger charge is -2.13. The summed E-state index contributed by atoms with van der Waals surface area (Å²) in [7, 11) is 0. The van der Waals surface area contributed by atoms with Crippen molar-refractivity contribution < 1.29 is 9.53 Å². The van der Waals surface area contributed by atoms with Crippen molar-refractivity contribution in [3.05, 3.63) is 57.6 Å². The smallest absolute Gasteiger partial charge is 0.257 e. The average Bonchev–Trinajstić information content (AvgIpc) is 2.53. The van der Waals surface area contributed by atoms with Crippen molar-refractivity contribution in [2.24, 2.45) is 0 Å². The minimum atomic E-state index is -0.283. The van der Waals surface area contributed by atoms with Gasteiger partial charge in [0.2, 0.25) is 0 Å². The zero-order valence-corrected chi connectivity index (χ0v) is 16.2. The first-order valence-corrected chi connectivity index (χ1v) is 8.72. The predicted octanol–water partition coefficient (Wildman–Crippen LogP) is 4.59. The standard InChI is InChI=1S/C18H19BrN2O2S/c1-4-23-14-7-5-6-13(10-14)17(22)21-18(24)20-16-9-12(3)11(2)8-15(16)19/h5-10H,4H2,1-3H3,(H2,20,21,22,24). The van der Waals surface area contributed by atoms with Gasteiger partial charge in [-0.15, -0.1) is 0 Å². The first kappa shape index (κ1) is 18.4. The molecule has 0 heterocycles. The van der Waals surface area contributed by atoms with E-state index in [2.05, 4.69) is 26.6 Å². The predicted molar refractivity (Wildman–Crippen MR) is 105 cm³/mol. The Morgan fingerprint density at radius 2 is 1.92 bits per heavy atom. The zero-order valence-electron chi connectivity index (χ0n) is 13.8. The van der Waals surface area contributed by atoms with Crippen molar-refractivity contribution in [1.29, 1.82) is 0 Å². The fourth-order valence-electron chi connectivity index (χ4n) is 2.10. The van der Waals surface area contributed by atoms with Gasteiger partial charge in [-0.3, -0.25) is 10.1 Å². The van der Waals surface area contributed by atoms with Crippen LogP contribution in [-0.2, 0) is 0 Å². The molecule has 0 bridgehead atoms. The van der Waals surface area contributed by atoms with E-state index in [0.717, 1.165) is 15.7 Å². The van der Waals surface area contributed by atoms with Crippen LogP contribution in [0.5, 0.6) is 5.75 Å². The molecule has 0 spiro atoms. The van der Waals surface area contributed by atoms with Crippen LogP contribution in [-0.4, -0.2) is 17.6 Å². The molecular weight excluding hydrogens is 388 g/mol. The Hall–Kier alpha value is -1.92. The fourth-order valence-corrected chi connectivity index (χ4v) is 2.86. The third-order valence-corrected chi connectivity index (χ3v) is 4.33. The van der Waals surface area contributed by atoms with Crippen LogP contribution in [0.1, 0.15) is 28.4 Å². The number of aryl methyl sites for hydroxylation is 2. The molecule has 0 aromatic heterocycles. The molecule has 0 radical (unpaired) electrons. The van der Waals surface area contributed by atoms with E-state index in [4.69, 9.17) is 17.0 Å². The molecule has 2 aromatic carbocycles. The van der Waals surface area contributed by atoms with Crippen LogP contribution in [0, 0.1) is 13.8 Å². The Morgan fingerprint density at radius 3 is 2.62 bits per heavy atom. The summed E-state index contributed by atoms with van der Waals surface area (Å²) in [5.74, 6) is 0.370. The van der Waals surface area contributed by atoms with Gasteiger partial charge in [-0.25, -0.2) is 0 Å². The third-order valence-electron chi connectivity index (χ3n) is 3.47. The SMILES string of the molecule is CCOc1cccc(C(=O)NC(=S)Nc2cc(C)c(C)cc2Br)c1. The second kappa shape index (κ2) is 8.26. The second-order valence-corrected chi connectivity index (χ2v) is 6.55. The normalized spacial score (nSPS) is 10.2. The Bertz CT molecular complexity index is 778. The number of thiocarbonyl (C=S) groups is 1. The van der Waals surface area contributed by atoms with E-state index < -0.39 is 0 Å². The van der Waals surface area contributed by atoms with E-state index in [1.54, 1.807) is 18.2 Å². The van der Waals surface area contributed by atoms with Gasteiger partial charge in [0.25, 0.3) is 5.91 Å². The van der Waals surface area contributed by atoms with Gasteiger partial charge < -0.3 is 10.1 Å². The van der Waals surface area contributed by atoms with Crippen LogP contribution in [0.25, 0.3) is 0 Å². The lowest BCUT2D eigenvalue weighted by Crippen LogP contribution is -2.34. The van der Waals surface area contributed by atoms with Crippen LogP contribution in [0.2, 0.25) is 0 Å².